The molecule has 0 spiro atoms. The number of carbonyl (C=O) groups is 1. The topological polar surface area (TPSA) is 83.8 Å². The van der Waals surface area contributed by atoms with Crippen LogP contribution in [0, 0.1) is 0 Å². The minimum Gasteiger partial charge on any atom is -0.453 e. The van der Waals surface area contributed by atoms with Crippen molar-refractivity contribution in [1.82, 2.24) is 19.5 Å². The Bertz CT molecular complexity index is 1250. The first-order valence-electron chi connectivity index (χ1n) is 10.1. The van der Waals surface area contributed by atoms with E-state index in [-0.39, 0.29) is 5.91 Å². The molecule has 0 unspecified atom stereocenters. The van der Waals surface area contributed by atoms with Gasteiger partial charge in [-0.1, -0.05) is 24.8 Å². The molecule has 2 N–H and O–H groups in total. The van der Waals surface area contributed by atoms with Crippen LogP contribution >= 0.6 is 0 Å². The molecular formula is C24H24N6O2. The standard InChI is InChI=1S/C24H24N6O2/c1-4-22(31)25-19-7-5-8-20(15-19)32-21-9-6-14-30-23(21)27-24(28-30)26-18-12-10-17(11-13-18)16-29(2)3/h4-15H,1,16H2,2-3H3,(H,25,31)(H,26,28). The van der Waals surface area contributed by atoms with Crippen LogP contribution in [-0.2, 0) is 11.3 Å². The smallest absolute Gasteiger partial charge is 0.247 e. The van der Waals surface area contributed by atoms with Gasteiger partial charge in [-0.05, 0) is 62.1 Å². The van der Waals surface area contributed by atoms with Crippen LogP contribution < -0.4 is 15.4 Å². The normalized spacial score (nSPS) is 10.8. The molecule has 4 aromatic rings. The molecule has 2 heterocycles. The number of pyridine rings is 1. The molecule has 0 aliphatic carbocycles. The molecule has 162 valence electrons. The average Bonchev–Trinajstić information content (AvgIpc) is 3.18. The summed E-state index contributed by atoms with van der Waals surface area (Å²) >= 11 is 0. The lowest BCUT2D eigenvalue weighted by Crippen LogP contribution is -2.10. The molecule has 0 atom stereocenters. The predicted octanol–water partition coefficient (Wildman–Crippen LogP) is 4.45. The summed E-state index contributed by atoms with van der Waals surface area (Å²) < 4.78 is 7.69. The third-order valence-electron chi connectivity index (χ3n) is 4.55. The number of carbonyl (C=O) groups excluding carboxylic acids is 1. The summed E-state index contributed by atoms with van der Waals surface area (Å²) in [5.41, 5.74) is 3.31. The Kier molecular flexibility index (Phi) is 6.14. The molecule has 8 nitrogen and oxygen atoms in total. The Morgan fingerprint density at radius 2 is 1.94 bits per heavy atom. The molecule has 0 bridgehead atoms. The molecule has 0 saturated carbocycles. The highest BCUT2D eigenvalue weighted by Gasteiger charge is 2.11. The number of amides is 1. The summed E-state index contributed by atoms with van der Waals surface area (Å²) in [5, 5.41) is 10.4. The fourth-order valence-corrected chi connectivity index (χ4v) is 3.16. The molecule has 2 aromatic carbocycles. The van der Waals surface area contributed by atoms with Crippen LogP contribution in [0.3, 0.4) is 0 Å². The summed E-state index contributed by atoms with van der Waals surface area (Å²) in [6.45, 7) is 4.34. The van der Waals surface area contributed by atoms with Crippen molar-refractivity contribution in [3.8, 4) is 11.5 Å². The third kappa shape index (κ3) is 5.11. The molecule has 0 fully saturated rings. The lowest BCUT2D eigenvalue weighted by Gasteiger charge is -2.10. The Morgan fingerprint density at radius 1 is 1.12 bits per heavy atom. The van der Waals surface area contributed by atoms with Crippen molar-refractivity contribution in [1.29, 1.82) is 0 Å². The maximum absolute atomic E-state index is 11.5. The van der Waals surface area contributed by atoms with Crippen LogP contribution in [0.4, 0.5) is 17.3 Å². The average molecular weight is 428 g/mol. The Hall–Kier alpha value is -4.17. The van der Waals surface area contributed by atoms with Crippen molar-refractivity contribution in [3.05, 3.63) is 85.1 Å². The number of hydrogen-bond acceptors (Lipinski definition) is 6. The van der Waals surface area contributed by atoms with E-state index in [2.05, 4.69) is 44.3 Å². The highest BCUT2D eigenvalue weighted by molar-refractivity contribution is 5.98. The number of hydrogen-bond donors (Lipinski definition) is 2. The molecule has 8 heteroatoms. The minimum atomic E-state index is -0.285. The third-order valence-corrected chi connectivity index (χ3v) is 4.55. The second-order valence-corrected chi connectivity index (χ2v) is 7.46. The molecule has 0 radical (unpaired) electrons. The molecule has 0 saturated heterocycles. The van der Waals surface area contributed by atoms with E-state index in [0.29, 0.717) is 28.8 Å². The van der Waals surface area contributed by atoms with E-state index in [1.54, 1.807) is 35.0 Å². The van der Waals surface area contributed by atoms with E-state index in [1.165, 1.54) is 11.6 Å². The summed E-state index contributed by atoms with van der Waals surface area (Å²) in [7, 11) is 4.08. The van der Waals surface area contributed by atoms with Crippen molar-refractivity contribution < 1.29 is 9.53 Å². The van der Waals surface area contributed by atoms with E-state index in [4.69, 9.17) is 4.74 Å². The van der Waals surface area contributed by atoms with Crippen molar-refractivity contribution in [2.24, 2.45) is 0 Å². The van der Waals surface area contributed by atoms with Gasteiger partial charge in [0.1, 0.15) is 5.75 Å². The first-order chi connectivity index (χ1) is 15.5. The van der Waals surface area contributed by atoms with E-state index >= 15 is 0 Å². The van der Waals surface area contributed by atoms with Crippen molar-refractivity contribution in [2.75, 3.05) is 24.7 Å². The lowest BCUT2D eigenvalue weighted by atomic mass is 10.2. The molecule has 2 aromatic heterocycles. The van der Waals surface area contributed by atoms with Crippen molar-refractivity contribution in [2.45, 2.75) is 6.54 Å². The van der Waals surface area contributed by atoms with Gasteiger partial charge in [0.15, 0.2) is 11.4 Å². The zero-order valence-corrected chi connectivity index (χ0v) is 17.9. The minimum absolute atomic E-state index is 0.285. The number of anilines is 3. The zero-order chi connectivity index (χ0) is 22.5. The maximum Gasteiger partial charge on any atom is 0.247 e. The van der Waals surface area contributed by atoms with E-state index in [9.17, 15) is 4.79 Å². The van der Waals surface area contributed by atoms with E-state index in [1.807, 2.05) is 38.4 Å². The van der Waals surface area contributed by atoms with E-state index < -0.39 is 0 Å². The zero-order valence-electron chi connectivity index (χ0n) is 17.9. The molecule has 1 amide bonds. The lowest BCUT2D eigenvalue weighted by molar-refractivity contribution is -0.111. The van der Waals surface area contributed by atoms with Crippen LogP contribution in [0.1, 0.15) is 5.56 Å². The van der Waals surface area contributed by atoms with Gasteiger partial charge in [-0.15, -0.1) is 5.10 Å². The summed E-state index contributed by atoms with van der Waals surface area (Å²) in [5.74, 6) is 1.29. The molecule has 4 rings (SSSR count). The van der Waals surface area contributed by atoms with Gasteiger partial charge in [0.2, 0.25) is 11.9 Å². The van der Waals surface area contributed by atoms with Crippen molar-refractivity contribution >= 4 is 28.9 Å². The number of aromatic nitrogens is 3. The van der Waals surface area contributed by atoms with Gasteiger partial charge < -0.3 is 20.3 Å². The number of nitrogens with one attached hydrogen (secondary N) is 2. The SMILES string of the molecule is C=CC(=O)Nc1cccc(Oc2cccn3nc(Nc4ccc(CN(C)C)cc4)nc23)c1. The molecular weight excluding hydrogens is 404 g/mol. The van der Waals surface area contributed by atoms with Gasteiger partial charge in [0, 0.05) is 30.2 Å². The van der Waals surface area contributed by atoms with Crippen LogP contribution in [0.15, 0.2) is 79.5 Å². The van der Waals surface area contributed by atoms with Gasteiger partial charge in [-0.25, -0.2) is 4.52 Å². The van der Waals surface area contributed by atoms with Crippen LogP contribution in [0.5, 0.6) is 11.5 Å². The number of fused-ring (bicyclic) bond motifs is 1. The number of nitrogens with zero attached hydrogens (tertiary/aromatic N) is 4. The van der Waals surface area contributed by atoms with Crippen LogP contribution in [0.2, 0.25) is 0 Å². The summed E-state index contributed by atoms with van der Waals surface area (Å²) in [6, 6.07) is 18.9. The highest BCUT2D eigenvalue weighted by Crippen LogP contribution is 2.28. The first-order valence-corrected chi connectivity index (χ1v) is 10.1. The van der Waals surface area contributed by atoms with Crippen LogP contribution in [-0.4, -0.2) is 39.5 Å². The quantitative estimate of drug-likeness (QED) is 0.404. The van der Waals surface area contributed by atoms with E-state index in [0.717, 1.165) is 12.2 Å². The van der Waals surface area contributed by atoms with Crippen LogP contribution in [0.25, 0.3) is 5.65 Å². The predicted molar refractivity (Wildman–Crippen MR) is 125 cm³/mol. The maximum atomic E-state index is 11.5. The Labute approximate surface area is 186 Å². The number of benzene rings is 2. The van der Waals surface area contributed by atoms with Crippen molar-refractivity contribution in [3.63, 3.8) is 0 Å². The summed E-state index contributed by atoms with van der Waals surface area (Å²) in [6.07, 6.45) is 3.02. The second-order valence-electron chi connectivity index (χ2n) is 7.46. The molecule has 0 aliphatic heterocycles. The Morgan fingerprint density at radius 3 is 2.69 bits per heavy atom. The summed E-state index contributed by atoms with van der Waals surface area (Å²) in [4.78, 5) is 18.2. The fourth-order valence-electron chi connectivity index (χ4n) is 3.16. The first kappa shape index (κ1) is 21.1. The second kappa shape index (κ2) is 9.32. The van der Waals surface area contributed by atoms with Gasteiger partial charge in [-0.3, -0.25) is 4.79 Å². The van der Waals surface area contributed by atoms with Gasteiger partial charge in [0.05, 0.1) is 0 Å². The number of ether oxygens (including phenoxy) is 1. The van der Waals surface area contributed by atoms with Gasteiger partial charge in [0.25, 0.3) is 0 Å². The molecule has 0 aliphatic rings. The van der Waals surface area contributed by atoms with Gasteiger partial charge >= 0.3 is 0 Å². The largest absolute Gasteiger partial charge is 0.453 e. The fraction of sp³-hybridized carbons (Fsp3) is 0.125. The number of rotatable bonds is 8. The Balaban J connectivity index is 1.53. The highest BCUT2D eigenvalue weighted by atomic mass is 16.5. The van der Waals surface area contributed by atoms with Gasteiger partial charge in [-0.2, -0.15) is 4.98 Å². The monoisotopic (exact) mass is 428 g/mol. The molecule has 32 heavy (non-hydrogen) atoms.